The Bertz CT molecular complexity index is 1040. The van der Waals surface area contributed by atoms with Crippen LogP contribution >= 0.6 is 0 Å². The van der Waals surface area contributed by atoms with Crippen LogP contribution in [0.3, 0.4) is 0 Å². The maximum atomic E-state index is 4.54. The summed E-state index contributed by atoms with van der Waals surface area (Å²) in [6.45, 7) is 1.98. The van der Waals surface area contributed by atoms with Crippen molar-refractivity contribution in [3.63, 3.8) is 0 Å². The monoisotopic (exact) mass is 319 g/mol. The molecule has 0 aliphatic carbocycles. The standard InChI is InChI=1S/C17H17N7/c1-11(20-24(3)17-18-21-22-19-17)12-8-9-16-14(10-12)13-6-4-5-7-15(13)23(16)2/h4-10H,1-3H3,(H,18,19,21,22)/b20-11+. The van der Waals surface area contributed by atoms with E-state index in [0.29, 0.717) is 5.95 Å². The number of hydrazone groups is 1. The van der Waals surface area contributed by atoms with Crippen LogP contribution in [0.1, 0.15) is 12.5 Å². The van der Waals surface area contributed by atoms with Crippen LogP contribution in [0.25, 0.3) is 21.8 Å². The molecule has 1 N–H and O–H groups in total. The molecule has 2 heterocycles. The summed E-state index contributed by atoms with van der Waals surface area (Å²) >= 11 is 0. The molecule has 0 bridgehead atoms. The first-order valence-corrected chi connectivity index (χ1v) is 7.65. The maximum Gasteiger partial charge on any atom is 0.285 e. The summed E-state index contributed by atoms with van der Waals surface area (Å²) in [7, 11) is 3.89. The number of nitrogens with one attached hydrogen (secondary N) is 1. The fourth-order valence-corrected chi connectivity index (χ4v) is 3.01. The number of aryl methyl sites for hydroxylation is 1. The van der Waals surface area contributed by atoms with Gasteiger partial charge < -0.3 is 4.57 Å². The van der Waals surface area contributed by atoms with E-state index in [0.717, 1.165) is 11.3 Å². The van der Waals surface area contributed by atoms with Crippen molar-refractivity contribution < 1.29 is 0 Å². The lowest BCUT2D eigenvalue weighted by Crippen LogP contribution is -2.13. The number of fused-ring (bicyclic) bond motifs is 3. The minimum Gasteiger partial charge on any atom is -0.344 e. The van der Waals surface area contributed by atoms with Crippen molar-refractivity contribution in [1.29, 1.82) is 0 Å². The van der Waals surface area contributed by atoms with Gasteiger partial charge in [0.05, 0.1) is 5.71 Å². The molecule has 0 atom stereocenters. The lowest BCUT2D eigenvalue weighted by Gasteiger charge is -2.09. The Kier molecular flexibility index (Phi) is 3.26. The van der Waals surface area contributed by atoms with Gasteiger partial charge in [-0.25, -0.2) is 5.01 Å². The number of rotatable bonds is 3. The minimum atomic E-state index is 0.431. The highest BCUT2D eigenvalue weighted by Gasteiger charge is 2.10. The highest BCUT2D eigenvalue weighted by atomic mass is 15.6. The fourth-order valence-electron chi connectivity index (χ4n) is 3.01. The lowest BCUT2D eigenvalue weighted by molar-refractivity contribution is 0.881. The number of para-hydroxylation sites is 1. The Hall–Kier alpha value is -3.22. The number of hydrogen-bond acceptors (Lipinski definition) is 5. The molecule has 0 radical (unpaired) electrons. The first-order valence-electron chi connectivity index (χ1n) is 7.65. The molecule has 2 aromatic carbocycles. The summed E-state index contributed by atoms with van der Waals surface area (Å²) in [4.78, 5) is 0. The van der Waals surface area contributed by atoms with Crippen molar-refractivity contribution in [2.24, 2.45) is 12.1 Å². The molecule has 0 saturated carbocycles. The van der Waals surface area contributed by atoms with E-state index in [9.17, 15) is 0 Å². The van der Waals surface area contributed by atoms with E-state index in [1.807, 2.05) is 6.92 Å². The smallest absolute Gasteiger partial charge is 0.285 e. The van der Waals surface area contributed by atoms with E-state index in [-0.39, 0.29) is 0 Å². The summed E-state index contributed by atoms with van der Waals surface area (Å²) in [6.07, 6.45) is 0. The van der Waals surface area contributed by atoms with Gasteiger partial charge in [0.15, 0.2) is 0 Å². The molecule has 4 aromatic rings. The predicted molar refractivity (Wildman–Crippen MR) is 95.2 cm³/mol. The molecule has 0 saturated heterocycles. The third-order valence-electron chi connectivity index (χ3n) is 4.25. The number of anilines is 1. The number of benzene rings is 2. The van der Waals surface area contributed by atoms with Gasteiger partial charge in [0.2, 0.25) is 0 Å². The van der Waals surface area contributed by atoms with E-state index in [4.69, 9.17) is 0 Å². The van der Waals surface area contributed by atoms with Crippen LogP contribution in [0.4, 0.5) is 5.95 Å². The Labute approximate surface area is 138 Å². The first kappa shape index (κ1) is 14.4. The third kappa shape index (κ3) is 2.21. The van der Waals surface area contributed by atoms with Gasteiger partial charge in [-0.15, -0.1) is 5.10 Å². The topological polar surface area (TPSA) is 75.0 Å². The minimum absolute atomic E-state index is 0.431. The van der Waals surface area contributed by atoms with Crippen LogP contribution < -0.4 is 5.01 Å². The maximum absolute atomic E-state index is 4.54. The molecule has 2 aromatic heterocycles. The van der Waals surface area contributed by atoms with Crippen molar-refractivity contribution in [2.75, 3.05) is 12.1 Å². The number of aromatic nitrogens is 5. The highest BCUT2D eigenvalue weighted by Crippen LogP contribution is 2.28. The zero-order valence-electron chi connectivity index (χ0n) is 13.7. The van der Waals surface area contributed by atoms with Crippen molar-refractivity contribution in [3.8, 4) is 0 Å². The summed E-state index contributed by atoms with van der Waals surface area (Å²) in [5.41, 5.74) is 4.38. The van der Waals surface area contributed by atoms with Gasteiger partial charge in [0.25, 0.3) is 5.95 Å². The average Bonchev–Trinajstić information content (AvgIpc) is 3.23. The molecular weight excluding hydrogens is 302 g/mol. The van der Waals surface area contributed by atoms with E-state index in [1.54, 1.807) is 12.1 Å². The van der Waals surface area contributed by atoms with Crippen molar-refractivity contribution in [1.82, 2.24) is 25.2 Å². The summed E-state index contributed by atoms with van der Waals surface area (Å²) in [5, 5.41) is 22.4. The largest absolute Gasteiger partial charge is 0.344 e. The molecule has 0 aliphatic heterocycles. The molecule has 0 spiro atoms. The van der Waals surface area contributed by atoms with E-state index >= 15 is 0 Å². The zero-order chi connectivity index (χ0) is 16.7. The van der Waals surface area contributed by atoms with Crippen LogP contribution in [0.2, 0.25) is 0 Å². The second kappa shape index (κ2) is 5.45. The lowest BCUT2D eigenvalue weighted by atomic mass is 10.1. The van der Waals surface area contributed by atoms with E-state index < -0.39 is 0 Å². The SMILES string of the molecule is C/C(=N\N(C)c1nn[nH]n1)c1ccc2c(c1)c1ccccc1n2C. The molecule has 120 valence electrons. The van der Waals surface area contributed by atoms with Gasteiger partial charge in [-0.3, -0.25) is 0 Å². The van der Waals surface area contributed by atoms with Crippen LogP contribution in [0.5, 0.6) is 0 Å². The van der Waals surface area contributed by atoms with Gasteiger partial charge in [0, 0.05) is 35.9 Å². The van der Waals surface area contributed by atoms with Gasteiger partial charge >= 0.3 is 0 Å². The second-order valence-corrected chi connectivity index (χ2v) is 5.73. The number of hydrogen-bond donors (Lipinski definition) is 1. The summed E-state index contributed by atoms with van der Waals surface area (Å²) in [5.74, 6) is 0.431. The number of H-pyrrole nitrogens is 1. The normalized spacial score (nSPS) is 12.2. The van der Waals surface area contributed by atoms with Crippen LogP contribution in [0.15, 0.2) is 47.6 Å². The number of aromatic amines is 1. The Balaban J connectivity index is 1.81. The molecule has 0 aliphatic rings. The first-order chi connectivity index (χ1) is 11.6. The molecule has 0 unspecified atom stereocenters. The van der Waals surface area contributed by atoms with Gasteiger partial charge in [-0.1, -0.05) is 29.4 Å². The molecule has 24 heavy (non-hydrogen) atoms. The van der Waals surface area contributed by atoms with E-state index in [1.165, 1.54) is 21.8 Å². The predicted octanol–water partition coefficient (Wildman–Crippen LogP) is 2.71. The summed E-state index contributed by atoms with van der Waals surface area (Å²) < 4.78 is 2.21. The quantitative estimate of drug-likeness (QED) is 0.465. The molecule has 0 fully saturated rings. The fraction of sp³-hybridized carbons (Fsp3) is 0.176. The average molecular weight is 319 g/mol. The van der Waals surface area contributed by atoms with E-state index in [2.05, 4.69) is 79.8 Å². The van der Waals surface area contributed by atoms with Crippen molar-refractivity contribution in [2.45, 2.75) is 6.92 Å². The molecule has 7 heteroatoms. The van der Waals surface area contributed by atoms with Crippen LogP contribution in [-0.4, -0.2) is 38.0 Å². The van der Waals surface area contributed by atoms with Crippen molar-refractivity contribution >= 4 is 33.5 Å². The second-order valence-electron chi connectivity index (χ2n) is 5.73. The van der Waals surface area contributed by atoms with Crippen LogP contribution in [0, 0.1) is 0 Å². The third-order valence-corrected chi connectivity index (χ3v) is 4.25. The van der Waals surface area contributed by atoms with Gasteiger partial charge in [-0.05, 0) is 35.9 Å². The molecule has 7 nitrogen and oxygen atoms in total. The Morgan fingerprint density at radius 1 is 1.12 bits per heavy atom. The molecule has 0 amide bonds. The Morgan fingerprint density at radius 3 is 2.71 bits per heavy atom. The van der Waals surface area contributed by atoms with Gasteiger partial charge in [0.1, 0.15) is 0 Å². The number of tetrazole rings is 1. The number of nitrogens with zero attached hydrogens (tertiary/aromatic N) is 6. The molecule has 4 rings (SSSR count). The highest BCUT2D eigenvalue weighted by molar-refractivity contribution is 6.11. The molecular formula is C17H17N7. The zero-order valence-corrected chi connectivity index (χ0v) is 13.7. The van der Waals surface area contributed by atoms with Crippen LogP contribution in [-0.2, 0) is 7.05 Å². The Morgan fingerprint density at radius 2 is 1.92 bits per heavy atom. The van der Waals surface area contributed by atoms with Gasteiger partial charge in [-0.2, -0.15) is 10.3 Å². The summed E-state index contributed by atoms with van der Waals surface area (Å²) in [6, 6.07) is 14.8. The van der Waals surface area contributed by atoms with Crippen molar-refractivity contribution in [3.05, 3.63) is 48.0 Å².